The number of aliphatic hydroxyl groups excluding tert-OH is 1. The number of carbonyl (C=O) groups is 2. The number of hydrogen-bond acceptors (Lipinski definition) is 3. The fourth-order valence-corrected chi connectivity index (χ4v) is 6.10. The number of hydrogen-bond donors (Lipinski definition) is 1. The Balaban J connectivity index is 1.77. The standard InChI is InChI=1S/C22H26O3/c1-13-10-18-16-5-4-14-11-15(24)6-8-21(14,2)17(16)7-9-22(18,3)20(13)19(25)12-23/h6-8,11,16,18,23H,4-5,9-10,12H2,1-3H3/t16-,18+,21+,22+/m1/s1. The van der Waals surface area contributed by atoms with Crippen LogP contribution < -0.4 is 0 Å². The summed E-state index contributed by atoms with van der Waals surface area (Å²) in [6.45, 7) is 6.10. The highest BCUT2D eigenvalue weighted by Crippen LogP contribution is 2.63. The lowest BCUT2D eigenvalue weighted by Crippen LogP contribution is -2.43. The van der Waals surface area contributed by atoms with Crippen LogP contribution in [0, 0.1) is 22.7 Å². The third-order valence-electron chi connectivity index (χ3n) is 7.28. The quantitative estimate of drug-likeness (QED) is 0.781. The van der Waals surface area contributed by atoms with E-state index < -0.39 is 6.61 Å². The van der Waals surface area contributed by atoms with E-state index in [0.29, 0.717) is 11.8 Å². The van der Waals surface area contributed by atoms with Crippen LogP contribution in [-0.4, -0.2) is 23.3 Å². The number of fused-ring (bicyclic) bond motifs is 5. The maximum absolute atomic E-state index is 12.4. The van der Waals surface area contributed by atoms with Gasteiger partial charge in [-0.15, -0.1) is 0 Å². The van der Waals surface area contributed by atoms with Gasteiger partial charge in [-0.1, -0.05) is 35.8 Å². The van der Waals surface area contributed by atoms with E-state index in [0.717, 1.165) is 36.8 Å². The Morgan fingerprint density at radius 3 is 2.84 bits per heavy atom. The first-order valence-corrected chi connectivity index (χ1v) is 9.30. The smallest absolute Gasteiger partial charge is 0.184 e. The highest BCUT2D eigenvalue weighted by Gasteiger charge is 2.55. The monoisotopic (exact) mass is 338 g/mol. The second-order valence-corrected chi connectivity index (χ2v) is 8.58. The molecule has 0 aromatic heterocycles. The highest BCUT2D eigenvalue weighted by atomic mass is 16.3. The van der Waals surface area contributed by atoms with Crippen LogP contribution in [0.1, 0.15) is 46.5 Å². The van der Waals surface area contributed by atoms with Gasteiger partial charge in [0.1, 0.15) is 6.61 Å². The summed E-state index contributed by atoms with van der Waals surface area (Å²) in [5, 5.41) is 9.42. The molecule has 4 aliphatic rings. The second kappa shape index (κ2) is 5.38. The van der Waals surface area contributed by atoms with Gasteiger partial charge in [0, 0.05) is 16.4 Å². The van der Waals surface area contributed by atoms with Crippen molar-refractivity contribution in [3.8, 4) is 0 Å². The van der Waals surface area contributed by atoms with Crippen molar-refractivity contribution in [2.75, 3.05) is 6.61 Å². The molecule has 0 radical (unpaired) electrons. The lowest BCUT2D eigenvalue weighted by Gasteiger charge is -2.51. The van der Waals surface area contributed by atoms with Gasteiger partial charge in [0.05, 0.1) is 0 Å². The molecule has 1 fully saturated rings. The Labute approximate surface area is 149 Å². The molecule has 1 N–H and O–H groups in total. The first-order valence-electron chi connectivity index (χ1n) is 9.30. The van der Waals surface area contributed by atoms with Gasteiger partial charge < -0.3 is 5.11 Å². The fourth-order valence-electron chi connectivity index (χ4n) is 6.10. The zero-order valence-corrected chi connectivity index (χ0v) is 15.3. The summed E-state index contributed by atoms with van der Waals surface area (Å²) in [5.74, 6) is 0.853. The van der Waals surface area contributed by atoms with Crippen LogP contribution in [-0.2, 0) is 9.59 Å². The van der Waals surface area contributed by atoms with Gasteiger partial charge in [-0.05, 0) is 63.5 Å². The van der Waals surface area contributed by atoms with Gasteiger partial charge in [0.2, 0.25) is 0 Å². The molecule has 4 aliphatic carbocycles. The van der Waals surface area contributed by atoms with E-state index >= 15 is 0 Å². The minimum Gasteiger partial charge on any atom is -0.388 e. The number of ketones is 2. The predicted octanol–water partition coefficient (Wildman–Crippen LogP) is 3.70. The van der Waals surface area contributed by atoms with Gasteiger partial charge in [-0.3, -0.25) is 9.59 Å². The summed E-state index contributed by atoms with van der Waals surface area (Å²) in [7, 11) is 0. The minimum atomic E-state index is -0.397. The summed E-state index contributed by atoms with van der Waals surface area (Å²) < 4.78 is 0. The van der Waals surface area contributed by atoms with Crippen molar-refractivity contribution in [2.45, 2.75) is 46.5 Å². The second-order valence-electron chi connectivity index (χ2n) is 8.58. The van der Waals surface area contributed by atoms with Crippen molar-refractivity contribution in [3.05, 3.63) is 46.6 Å². The molecule has 3 nitrogen and oxygen atoms in total. The Kier molecular flexibility index (Phi) is 3.59. The topological polar surface area (TPSA) is 54.4 Å². The lowest BCUT2D eigenvalue weighted by molar-refractivity contribution is -0.119. The lowest BCUT2D eigenvalue weighted by atomic mass is 9.52. The van der Waals surface area contributed by atoms with Crippen molar-refractivity contribution < 1.29 is 14.7 Å². The van der Waals surface area contributed by atoms with Crippen LogP contribution in [0.3, 0.4) is 0 Å². The van der Waals surface area contributed by atoms with E-state index in [1.54, 1.807) is 6.08 Å². The predicted molar refractivity (Wildman–Crippen MR) is 96.8 cm³/mol. The van der Waals surface area contributed by atoms with Crippen LogP contribution >= 0.6 is 0 Å². The summed E-state index contributed by atoms with van der Waals surface area (Å²) in [6, 6.07) is 0. The third-order valence-corrected chi connectivity index (χ3v) is 7.28. The van der Waals surface area contributed by atoms with Gasteiger partial charge >= 0.3 is 0 Å². The number of allylic oxidation sites excluding steroid dienone is 7. The molecule has 132 valence electrons. The molecule has 0 aliphatic heterocycles. The molecule has 0 amide bonds. The Bertz CT molecular complexity index is 794. The molecule has 0 aromatic carbocycles. The van der Waals surface area contributed by atoms with E-state index in [2.05, 4.69) is 32.9 Å². The van der Waals surface area contributed by atoms with Crippen molar-refractivity contribution in [2.24, 2.45) is 22.7 Å². The first kappa shape index (κ1) is 16.7. The average Bonchev–Trinajstić information content (AvgIpc) is 2.85. The molecule has 0 unspecified atom stereocenters. The van der Waals surface area contributed by atoms with Gasteiger partial charge in [0.15, 0.2) is 11.6 Å². The van der Waals surface area contributed by atoms with E-state index in [1.165, 1.54) is 11.1 Å². The van der Waals surface area contributed by atoms with Crippen LogP contribution in [0.4, 0.5) is 0 Å². The number of aliphatic hydroxyl groups is 1. The summed E-state index contributed by atoms with van der Waals surface area (Å²) in [4.78, 5) is 24.2. The summed E-state index contributed by atoms with van der Waals surface area (Å²) in [6.07, 6.45) is 11.7. The highest BCUT2D eigenvalue weighted by molar-refractivity contribution is 6.01. The fraction of sp³-hybridized carbons (Fsp3) is 0.545. The number of carbonyl (C=O) groups excluding carboxylic acids is 2. The molecule has 4 atom stereocenters. The van der Waals surface area contributed by atoms with Crippen LogP contribution in [0.2, 0.25) is 0 Å². The average molecular weight is 338 g/mol. The van der Waals surface area contributed by atoms with E-state index in [1.807, 2.05) is 6.08 Å². The molecule has 4 rings (SSSR count). The first-order chi connectivity index (χ1) is 11.8. The van der Waals surface area contributed by atoms with Crippen molar-refractivity contribution >= 4 is 11.6 Å². The largest absolute Gasteiger partial charge is 0.388 e. The molecule has 1 saturated carbocycles. The van der Waals surface area contributed by atoms with Crippen LogP contribution in [0.25, 0.3) is 0 Å². The van der Waals surface area contributed by atoms with Gasteiger partial charge in [0.25, 0.3) is 0 Å². The molecule has 0 saturated heterocycles. The van der Waals surface area contributed by atoms with Crippen LogP contribution in [0.5, 0.6) is 0 Å². The normalized spacial score (nSPS) is 39.4. The summed E-state index contributed by atoms with van der Waals surface area (Å²) >= 11 is 0. The van der Waals surface area contributed by atoms with Crippen LogP contribution in [0.15, 0.2) is 46.6 Å². The minimum absolute atomic E-state index is 0.0985. The van der Waals surface area contributed by atoms with Gasteiger partial charge in [-0.2, -0.15) is 0 Å². The van der Waals surface area contributed by atoms with E-state index in [4.69, 9.17) is 0 Å². The molecule has 0 heterocycles. The maximum atomic E-state index is 12.4. The SMILES string of the molecule is CC1=C(C(=O)CO)[C@@]2(C)CC=C3[C@@H](CCC4=CC(=O)C=C[C@@]43C)[C@@H]2C1. The van der Waals surface area contributed by atoms with E-state index in [9.17, 15) is 14.7 Å². The molecule has 25 heavy (non-hydrogen) atoms. The summed E-state index contributed by atoms with van der Waals surface area (Å²) in [5.41, 5.74) is 4.39. The molecule has 0 aromatic rings. The molecule has 3 heteroatoms. The molecular formula is C22H26O3. The zero-order valence-electron chi connectivity index (χ0n) is 15.3. The van der Waals surface area contributed by atoms with Crippen molar-refractivity contribution in [1.29, 1.82) is 0 Å². The number of Topliss-reactive ketones (excluding diaryl/α,β-unsaturated/α-hetero) is 1. The maximum Gasteiger partial charge on any atom is 0.184 e. The Hall–Kier alpha value is -1.74. The van der Waals surface area contributed by atoms with Crippen molar-refractivity contribution in [1.82, 2.24) is 0 Å². The zero-order chi connectivity index (χ0) is 18.0. The Morgan fingerprint density at radius 1 is 1.36 bits per heavy atom. The number of rotatable bonds is 2. The van der Waals surface area contributed by atoms with E-state index in [-0.39, 0.29) is 22.4 Å². The molecule has 0 bridgehead atoms. The van der Waals surface area contributed by atoms with Crippen molar-refractivity contribution in [3.63, 3.8) is 0 Å². The third kappa shape index (κ3) is 2.15. The Morgan fingerprint density at radius 2 is 2.12 bits per heavy atom. The molecule has 0 spiro atoms. The molecular weight excluding hydrogens is 312 g/mol. The van der Waals surface area contributed by atoms with Gasteiger partial charge in [-0.25, -0.2) is 0 Å².